The maximum Gasteiger partial charge on any atom is 0.230 e. The number of hydrogen-bond acceptors (Lipinski definition) is 6. The Balaban J connectivity index is 1.49. The van der Waals surface area contributed by atoms with Crippen LogP contribution in [0.4, 0.5) is 0 Å². The minimum absolute atomic E-state index is 0.0312. The predicted octanol–water partition coefficient (Wildman–Crippen LogP) is 3.85. The van der Waals surface area contributed by atoms with Crippen LogP contribution in [0.1, 0.15) is 4.88 Å². The fraction of sp³-hybridized carbons (Fsp3) is 0.118. The number of rotatable bonds is 5. The van der Waals surface area contributed by atoms with E-state index in [1.165, 1.54) is 18.1 Å². The molecule has 120 valence electrons. The number of carbonyl (C=O) groups is 1. The zero-order valence-corrected chi connectivity index (χ0v) is 14.2. The second-order valence-corrected chi connectivity index (χ2v) is 7.10. The van der Waals surface area contributed by atoms with Crippen LogP contribution in [0.25, 0.3) is 22.1 Å². The van der Waals surface area contributed by atoms with Crippen LogP contribution in [0.3, 0.4) is 0 Å². The molecular formula is C17H13N3O2S2. The highest BCUT2D eigenvalue weighted by Crippen LogP contribution is 2.32. The van der Waals surface area contributed by atoms with Crippen LogP contribution in [-0.4, -0.2) is 21.6 Å². The number of amides is 1. The van der Waals surface area contributed by atoms with Crippen LogP contribution < -0.4 is 5.32 Å². The summed E-state index contributed by atoms with van der Waals surface area (Å²) < 4.78 is 5.86. The summed E-state index contributed by atoms with van der Waals surface area (Å²) in [4.78, 5) is 21.7. The number of furan rings is 1. The van der Waals surface area contributed by atoms with E-state index in [0.717, 1.165) is 21.4 Å². The first-order valence-corrected chi connectivity index (χ1v) is 9.22. The van der Waals surface area contributed by atoms with Gasteiger partial charge in [0, 0.05) is 10.3 Å². The van der Waals surface area contributed by atoms with Crippen molar-refractivity contribution in [2.45, 2.75) is 11.6 Å². The van der Waals surface area contributed by atoms with E-state index in [9.17, 15) is 4.79 Å². The molecule has 0 aliphatic heterocycles. The fourth-order valence-electron chi connectivity index (χ4n) is 2.39. The van der Waals surface area contributed by atoms with Gasteiger partial charge in [-0.3, -0.25) is 4.79 Å². The third-order valence-corrected chi connectivity index (χ3v) is 5.35. The third-order valence-electron chi connectivity index (χ3n) is 3.51. The molecule has 0 aliphatic rings. The zero-order chi connectivity index (χ0) is 16.4. The van der Waals surface area contributed by atoms with Crippen molar-refractivity contribution >= 4 is 51.1 Å². The molecule has 1 amide bonds. The predicted molar refractivity (Wildman–Crippen MR) is 96.2 cm³/mol. The molecule has 24 heavy (non-hydrogen) atoms. The fourth-order valence-corrected chi connectivity index (χ4v) is 3.79. The van der Waals surface area contributed by atoms with Crippen LogP contribution in [-0.2, 0) is 11.3 Å². The lowest BCUT2D eigenvalue weighted by Gasteiger charge is -2.03. The number of nitrogens with zero attached hydrogens (tertiary/aromatic N) is 2. The van der Waals surface area contributed by atoms with Crippen LogP contribution >= 0.6 is 23.1 Å². The van der Waals surface area contributed by atoms with Crippen molar-refractivity contribution in [3.8, 4) is 0 Å². The van der Waals surface area contributed by atoms with Gasteiger partial charge >= 0.3 is 0 Å². The van der Waals surface area contributed by atoms with E-state index in [1.807, 2.05) is 41.8 Å². The summed E-state index contributed by atoms with van der Waals surface area (Å²) in [5, 5.41) is 6.54. The number of fused-ring (bicyclic) bond motifs is 3. The van der Waals surface area contributed by atoms with Gasteiger partial charge in [0.1, 0.15) is 22.5 Å². The monoisotopic (exact) mass is 355 g/mol. The quantitative estimate of drug-likeness (QED) is 0.435. The highest BCUT2D eigenvalue weighted by atomic mass is 32.2. The van der Waals surface area contributed by atoms with Crippen molar-refractivity contribution in [1.82, 2.24) is 15.3 Å². The van der Waals surface area contributed by atoms with Crippen molar-refractivity contribution in [2.24, 2.45) is 0 Å². The van der Waals surface area contributed by atoms with Crippen molar-refractivity contribution in [3.05, 3.63) is 53.0 Å². The molecule has 0 spiro atoms. The van der Waals surface area contributed by atoms with E-state index < -0.39 is 0 Å². The van der Waals surface area contributed by atoms with Gasteiger partial charge in [-0.25, -0.2) is 9.97 Å². The van der Waals surface area contributed by atoms with Gasteiger partial charge in [-0.1, -0.05) is 30.0 Å². The first-order valence-electron chi connectivity index (χ1n) is 7.35. The molecule has 0 bridgehead atoms. The topological polar surface area (TPSA) is 68.0 Å². The standard InChI is InChI=1S/C17H13N3O2S2/c21-14(18-8-11-4-3-7-23-11)9-24-17-16-15(19-10-20-17)12-5-1-2-6-13(12)22-16/h1-7,10H,8-9H2,(H,18,21). The van der Waals surface area contributed by atoms with E-state index in [-0.39, 0.29) is 11.7 Å². The molecule has 0 saturated heterocycles. The van der Waals surface area contributed by atoms with Gasteiger partial charge in [0.05, 0.1) is 12.3 Å². The highest BCUT2D eigenvalue weighted by molar-refractivity contribution is 8.00. The molecule has 4 rings (SSSR count). The average molecular weight is 355 g/mol. The molecule has 0 fully saturated rings. The molecule has 1 N–H and O–H groups in total. The Kier molecular flexibility index (Phi) is 4.18. The number of para-hydroxylation sites is 1. The molecule has 0 unspecified atom stereocenters. The van der Waals surface area contributed by atoms with E-state index in [1.54, 1.807) is 11.3 Å². The second-order valence-electron chi connectivity index (χ2n) is 5.10. The molecular weight excluding hydrogens is 342 g/mol. The van der Waals surface area contributed by atoms with Gasteiger partial charge in [0.15, 0.2) is 5.58 Å². The van der Waals surface area contributed by atoms with Gasteiger partial charge in [-0.05, 0) is 23.6 Å². The Labute approximate surface area is 146 Å². The Bertz CT molecular complexity index is 996. The number of thiophene rings is 1. The maximum absolute atomic E-state index is 12.0. The highest BCUT2D eigenvalue weighted by Gasteiger charge is 2.14. The van der Waals surface area contributed by atoms with Crippen LogP contribution in [0.2, 0.25) is 0 Å². The Morgan fingerprint density at radius 3 is 3.00 bits per heavy atom. The average Bonchev–Trinajstić information content (AvgIpc) is 3.25. The maximum atomic E-state index is 12.0. The third kappa shape index (κ3) is 3.00. The van der Waals surface area contributed by atoms with E-state index in [0.29, 0.717) is 17.2 Å². The van der Waals surface area contributed by atoms with Gasteiger partial charge < -0.3 is 9.73 Å². The summed E-state index contributed by atoms with van der Waals surface area (Å²) in [7, 11) is 0. The normalized spacial score (nSPS) is 11.2. The zero-order valence-electron chi connectivity index (χ0n) is 12.6. The number of benzene rings is 1. The van der Waals surface area contributed by atoms with Crippen LogP contribution in [0.15, 0.2) is 57.5 Å². The number of nitrogens with one attached hydrogen (secondary N) is 1. The van der Waals surface area contributed by atoms with Crippen molar-refractivity contribution in [3.63, 3.8) is 0 Å². The first kappa shape index (κ1) is 15.2. The summed E-state index contributed by atoms with van der Waals surface area (Å²) in [6.45, 7) is 0.556. The lowest BCUT2D eigenvalue weighted by atomic mass is 10.2. The summed E-state index contributed by atoms with van der Waals surface area (Å²) in [6.07, 6.45) is 1.51. The molecule has 3 aromatic heterocycles. The lowest BCUT2D eigenvalue weighted by Crippen LogP contribution is -2.24. The smallest absolute Gasteiger partial charge is 0.230 e. The lowest BCUT2D eigenvalue weighted by molar-refractivity contribution is -0.118. The van der Waals surface area contributed by atoms with Gasteiger partial charge in [-0.2, -0.15) is 0 Å². The molecule has 0 radical (unpaired) electrons. The van der Waals surface area contributed by atoms with Gasteiger partial charge in [0.2, 0.25) is 5.91 Å². The van der Waals surface area contributed by atoms with Crippen molar-refractivity contribution < 1.29 is 9.21 Å². The molecule has 3 heterocycles. The van der Waals surface area contributed by atoms with Gasteiger partial charge in [-0.15, -0.1) is 11.3 Å². The summed E-state index contributed by atoms with van der Waals surface area (Å²) >= 11 is 2.98. The number of hydrogen-bond donors (Lipinski definition) is 1. The second kappa shape index (κ2) is 6.62. The Morgan fingerprint density at radius 2 is 2.12 bits per heavy atom. The van der Waals surface area contributed by atoms with Gasteiger partial charge in [0.25, 0.3) is 0 Å². The van der Waals surface area contributed by atoms with E-state index >= 15 is 0 Å². The molecule has 7 heteroatoms. The molecule has 0 aliphatic carbocycles. The van der Waals surface area contributed by atoms with Crippen molar-refractivity contribution in [1.29, 1.82) is 0 Å². The molecule has 5 nitrogen and oxygen atoms in total. The number of thioether (sulfide) groups is 1. The minimum atomic E-state index is -0.0312. The van der Waals surface area contributed by atoms with Crippen LogP contribution in [0, 0.1) is 0 Å². The summed E-state index contributed by atoms with van der Waals surface area (Å²) in [5.74, 6) is 0.255. The van der Waals surface area contributed by atoms with Crippen LogP contribution in [0.5, 0.6) is 0 Å². The minimum Gasteiger partial charge on any atom is -0.451 e. The van der Waals surface area contributed by atoms with E-state index in [2.05, 4.69) is 15.3 Å². The molecule has 0 saturated carbocycles. The first-order chi connectivity index (χ1) is 11.8. The SMILES string of the molecule is O=C(CSc1ncnc2c1oc1ccccc12)NCc1cccs1. The molecule has 1 aromatic carbocycles. The molecule has 0 atom stereocenters. The summed E-state index contributed by atoms with van der Waals surface area (Å²) in [5.41, 5.74) is 2.19. The number of aromatic nitrogens is 2. The number of carbonyl (C=O) groups excluding carboxylic acids is 1. The van der Waals surface area contributed by atoms with E-state index in [4.69, 9.17) is 4.42 Å². The molecule has 4 aromatic rings. The Morgan fingerprint density at radius 1 is 1.21 bits per heavy atom. The Hall–Kier alpha value is -2.38. The van der Waals surface area contributed by atoms with Crippen molar-refractivity contribution in [2.75, 3.05) is 5.75 Å². The summed E-state index contributed by atoms with van der Waals surface area (Å²) in [6, 6.07) is 11.7. The largest absolute Gasteiger partial charge is 0.451 e.